The molecule has 0 radical (unpaired) electrons. The summed E-state index contributed by atoms with van der Waals surface area (Å²) in [5.74, 6) is 0.776. The maximum atomic E-state index is 6.43. The van der Waals surface area contributed by atoms with Gasteiger partial charge in [0.15, 0.2) is 0 Å². The topological polar surface area (TPSA) is 61.0 Å². The van der Waals surface area contributed by atoms with Crippen LogP contribution in [-0.2, 0) is 4.74 Å². The van der Waals surface area contributed by atoms with Crippen molar-refractivity contribution in [1.29, 1.82) is 0 Å². The van der Waals surface area contributed by atoms with Crippen molar-refractivity contribution in [2.75, 3.05) is 6.61 Å². The van der Waals surface area contributed by atoms with Gasteiger partial charge in [0, 0.05) is 24.6 Å². The molecule has 4 heteroatoms. The van der Waals surface area contributed by atoms with Gasteiger partial charge in [-0.2, -0.15) is 0 Å². The van der Waals surface area contributed by atoms with Gasteiger partial charge in [-0.1, -0.05) is 6.92 Å². The van der Waals surface area contributed by atoms with Crippen molar-refractivity contribution in [3.63, 3.8) is 0 Å². The Morgan fingerprint density at radius 1 is 1.39 bits per heavy atom. The predicted molar refractivity (Wildman–Crippen MR) is 70.9 cm³/mol. The molecule has 0 spiro atoms. The van der Waals surface area contributed by atoms with Gasteiger partial charge in [-0.05, 0) is 38.5 Å². The molecule has 1 aromatic rings. The molecule has 1 fully saturated rings. The first kappa shape index (κ1) is 13.4. The molecule has 4 nitrogen and oxygen atoms in total. The summed E-state index contributed by atoms with van der Waals surface area (Å²) >= 11 is 0. The zero-order valence-corrected chi connectivity index (χ0v) is 11.3. The standard InChI is InChI=1S/C14H23N3O/c1-3-18-14(6-4-11(2)5-7-14)13(15)12-8-16-10-17-9-12/h8-11,13H,3-7,15H2,1-2H3. The first-order valence-corrected chi connectivity index (χ1v) is 6.82. The summed E-state index contributed by atoms with van der Waals surface area (Å²) in [5, 5.41) is 0. The predicted octanol–water partition coefficient (Wildman–Crippen LogP) is 2.46. The van der Waals surface area contributed by atoms with E-state index in [1.54, 1.807) is 12.4 Å². The van der Waals surface area contributed by atoms with Gasteiger partial charge in [0.2, 0.25) is 0 Å². The van der Waals surface area contributed by atoms with E-state index in [1.165, 1.54) is 19.2 Å². The Labute approximate surface area is 109 Å². The van der Waals surface area contributed by atoms with Gasteiger partial charge in [-0.3, -0.25) is 0 Å². The van der Waals surface area contributed by atoms with Crippen LogP contribution in [0.1, 0.15) is 51.1 Å². The molecule has 1 atom stereocenters. The fourth-order valence-electron chi connectivity index (χ4n) is 2.86. The SMILES string of the molecule is CCOC1(C(N)c2cncnc2)CCC(C)CC1. The Bertz CT molecular complexity index is 361. The highest BCUT2D eigenvalue weighted by Gasteiger charge is 2.41. The Morgan fingerprint density at radius 3 is 2.56 bits per heavy atom. The summed E-state index contributed by atoms with van der Waals surface area (Å²) in [7, 11) is 0. The smallest absolute Gasteiger partial charge is 0.115 e. The number of rotatable bonds is 4. The van der Waals surface area contributed by atoms with Crippen LogP contribution in [0.25, 0.3) is 0 Å². The van der Waals surface area contributed by atoms with E-state index < -0.39 is 0 Å². The second kappa shape index (κ2) is 5.76. The fraction of sp³-hybridized carbons (Fsp3) is 0.714. The minimum absolute atomic E-state index is 0.133. The maximum Gasteiger partial charge on any atom is 0.115 e. The van der Waals surface area contributed by atoms with Crippen LogP contribution in [0.3, 0.4) is 0 Å². The third-order valence-electron chi connectivity index (χ3n) is 4.06. The Hall–Kier alpha value is -1.00. The largest absolute Gasteiger partial charge is 0.373 e. The highest BCUT2D eigenvalue weighted by atomic mass is 16.5. The molecule has 1 aliphatic rings. The number of nitrogens with two attached hydrogens (primary N) is 1. The summed E-state index contributed by atoms with van der Waals surface area (Å²) in [4.78, 5) is 8.12. The third kappa shape index (κ3) is 2.70. The van der Waals surface area contributed by atoms with Crippen molar-refractivity contribution in [1.82, 2.24) is 9.97 Å². The summed E-state index contributed by atoms with van der Waals surface area (Å²) in [6, 6.07) is -0.133. The van der Waals surface area contributed by atoms with Gasteiger partial charge in [0.1, 0.15) is 6.33 Å². The molecule has 0 bridgehead atoms. The molecule has 100 valence electrons. The number of ether oxygens (including phenoxy) is 1. The first-order chi connectivity index (χ1) is 8.68. The molecule has 0 amide bonds. The average Bonchev–Trinajstić information content (AvgIpc) is 2.42. The Balaban J connectivity index is 2.19. The van der Waals surface area contributed by atoms with E-state index in [1.807, 2.05) is 6.92 Å². The lowest BCUT2D eigenvalue weighted by molar-refractivity contribution is -0.0897. The molecule has 0 saturated heterocycles. The molecule has 2 N–H and O–H groups in total. The van der Waals surface area contributed by atoms with Crippen LogP contribution in [0.5, 0.6) is 0 Å². The summed E-state index contributed by atoms with van der Waals surface area (Å²) < 4.78 is 6.05. The monoisotopic (exact) mass is 249 g/mol. The van der Waals surface area contributed by atoms with Crippen LogP contribution in [-0.4, -0.2) is 22.2 Å². The van der Waals surface area contributed by atoms with Gasteiger partial charge < -0.3 is 10.5 Å². The summed E-state index contributed by atoms with van der Waals surface area (Å²) in [5.41, 5.74) is 7.17. The maximum absolute atomic E-state index is 6.43. The van der Waals surface area contributed by atoms with Crippen LogP contribution in [0, 0.1) is 5.92 Å². The Kier molecular flexibility index (Phi) is 4.30. The van der Waals surface area contributed by atoms with Crippen molar-refractivity contribution in [3.8, 4) is 0 Å². The van der Waals surface area contributed by atoms with Crippen LogP contribution < -0.4 is 5.73 Å². The summed E-state index contributed by atoms with van der Waals surface area (Å²) in [6.45, 7) is 5.04. The lowest BCUT2D eigenvalue weighted by atomic mass is 9.74. The van der Waals surface area contributed by atoms with Crippen molar-refractivity contribution in [2.24, 2.45) is 11.7 Å². The lowest BCUT2D eigenvalue weighted by Crippen LogP contribution is -2.46. The van der Waals surface area contributed by atoms with Gasteiger partial charge >= 0.3 is 0 Å². The van der Waals surface area contributed by atoms with E-state index in [4.69, 9.17) is 10.5 Å². The van der Waals surface area contributed by atoms with Gasteiger partial charge in [0.05, 0.1) is 11.6 Å². The molecule has 1 heterocycles. The molecular formula is C14H23N3O. The zero-order chi connectivity index (χ0) is 13.0. The third-order valence-corrected chi connectivity index (χ3v) is 4.06. The molecule has 1 unspecified atom stereocenters. The van der Waals surface area contributed by atoms with Crippen molar-refractivity contribution in [3.05, 3.63) is 24.3 Å². The van der Waals surface area contributed by atoms with Gasteiger partial charge in [0.25, 0.3) is 0 Å². The van der Waals surface area contributed by atoms with E-state index >= 15 is 0 Å². The molecule has 1 aromatic heterocycles. The number of hydrogen-bond acceptors (Lipinski definition) is 4. The van der Waals surface area contributed by atoms with Crippen molar-refractivity contribution < 1.29 is 4.74 Å². The highest BCUT2D eigenvalue weighted by molar-refractivity contribution is 5.15. The van der Waals surface area contributed by atoms with Crippen molar-refractivity contribution >= 4 is 0 Å². The van der Waals surface area contributed by atoms with Gasteiger partial charge in [-0.15, -0.1) is 0 Å². The normalized spacial score (nSPS) is 30.1. The minimum atomic E-state index is -0.230. The fourth-order valence-corrected chi connectivity index (χ4v) is 2.86. The zero-order valence-electron chi connectivity index (χ0n) is 11.3. The van der Waals surface area contributed by atoms with E-state index in [2.05, 4.69) is 16.9 Å². The van der Waals surface area contributed by atoms with Crippen molar-refractivity contribution in [2.45, 2.75) is 51.2 Å². The average molecular weight is 249 g/mol. The number of hydrogen-bond donors (Lipinski definition) is 1. The molecule has 0 aliphatic heterocycles. The highest BCUT2D eigenvalue weighted by Crippen LogP contribution is 2.41. The lowest BCUT2D eigenvalue weighted by Gasteiger charge is -2.43. The molecular weight excluding hydrogens is 226 g/mol. The van der Waals surface area contributed by atoms with E-state index in [9.17, 15) is 0 Å². The van der Waals surface area contributed by atoms with E-state index in [0.29, 0.717) is 6.61 Å². The van der Waals surface area contributed by atoms with E-state index in [0.717, 1.165) is 24.3 Å². The molecule has 18 heavy (non-hydrogen) atoms. The molecule has 1 aliphatic carbocycles. The second-order valence-electron chi connectivity index (χ2n) is 5.33. The molecule has 2 rings (SSSR count). The summed E-state index contributed by atoms with van der Waals surface area (Å²) in [6.07, 6.45) is 9.55. The number of nitrogens with zero attached hydrogens (tertiary/aromatic N) is 2. The minimum Gasteiger partial charge on any atom is -0.373 e. The number of aromatic nitrogens is 2. The van der Waals surface area contributed by atoms with Crippen LogP contribution >= 0.6 is 0 Å². The van der Waals surface area contributed by atoms with Gasteiger partial charge in [-0.25, -0.2) is 9.97 Å². The quantitative estimate of drug-likeness (QED) is 0.890. The Morgan fingerprint density at radius 2 is 2.00 bits per heavy atom. The van der Waals surface area contributed by atoms with Crippen LogP contribution in [0.4, 0.5) is 0 Å². The van der Waals surface area contributed by atoms with E-state index in [-0.39, 0.29) is 11.6 Å². The second-order valence-corrected chi connectivity index (χ2v) is 5.33. The van der Waals surface area contributed by atoms with Crippen LogP contribution in [0.2, 0.25) is 0 Å². The first-order valence-electron chi connectivity index (χ1n) is 6.82. The molecule has 1 saturated carbocycles. The van der Waals surface area contributed by atoms with Crippen LogP contribution in [0.15, 0.2) is 18.7 Å². The molecule has 0 aromatic carbocycles.